The maximum absolute atomic E-state index is 5.52. The fraction of sp³-hybridized carbons (Fsp3) is 0.444. The summed E-state index contributed by atoms with van der Waals surface area (Å²) < 4.78 is 5.52. The first-order valence-electron chi connectivity index (χ1n) is 8.21. The highest BCUT2D eigenvalue weighted by Crippen LogP contribution is 2.36. The number of benzene rings is 1. The second-order valence-electron chi connectivity index (χ2n) is 6.78. The van der Waals surface area contributed by atoms with E-state index < -0.39 is 0 Å². The van der Waals surface area contributed by atoms with Crippen LogP contribution in [0, 0.1) is 11.8 Å². The minimum absolute atomic E-state index is 0.683. The molecule has 0 radical (unpaired) electrons. The van der Waals surface area contributed by atoms with Gasteiger partial charge < -0.3 is 14.6 Å². The van der Waals surface area contributed by atoms with Crippen molar-refractivity contribution < 1.29 is 4.74 Å². The molecule has 2 aromatic heterocycles. The summed E-state index contributed by atoms with van der Waals surface area (Å²) in [7, 11) is 1.70. The lowest BCUT2D eigenvalue weighted by Crippen LogP contribution is -2.39. The Labute approximate surface area is 135 Å². The van der Waals surface area contributed by atoms with Gasteiger partial charge in [0.15, 0.2) is 5.82 Å². The van der Waals surface area contributed by atoms with E-state index in [9.17, 15) is 0 Å². The van der Waals surface area contributed by atoms with E-state index in [1.807, 2.05) is 12.1 Å². The molecule has 1 saturated heterocycles. The second-order valence-corrected chi connectivity index (χ2v) is 6.78. The van der Waals surface area contributed by atoms with Gasteiger partial charge in [0.05, 0.1) is 18.0 Å². The van der Waals surface area contributed by atoms with Crippen molar-refractivity contribution in [3.63, 3.8) is 0 Å². The van der Waals surface area contributed by atoms with Crippen molar-refractivity contribution in [3.8, 4) is 5.75 Å². The topological polar surface area (TPSA) is 54.0 Å². The van der Waals surface area contributed by atoms with E-state index in [4.69, 9.17) is 4.74 Å². The monoisotopic (exact) mass is 310 g/mol. The summed E-state index contributed by atoms with van der Waals surface area (Å²) >= 11 is 0. The molecule has 23 heavy (non-hydrogen) atoms. The predicted octanol–water partition coefficient (Wildman–Crippen LogP) is 3.60. The first-order chi connectivity index (χ1) is 11.2. The van der Waals surface area contributed by atoms with Gasteiger partial charge in [0.2, 0.25) is 0 Å². The predicted molar refractivity (Wildman–Crippen MR) is 93.1 cm³/mol. The summed E-state index contributed by atoms with van der Waals surface area (Å²) in [5.74, 6) is 3.22. The van der Waals surface area contributed by atoms with E-state index in [2.05, 4.69) is 39.8 Å². The summed E-state index contributed by atoms with van der Waals surface area (Å²) in [5.41, 5.74) is 2.99. The van der Waals surface area contributed by atoms with Crippen molar-refractivity contribution in [2.24, 2.45) is 11.8 Å². The number of hydrogen-bond acceptors (Lipinski definition) is 4. The molecule has 0 bridgehead atoms. The van der Waals surface area contributed by atoms with Crippen LogP contribution in [0.2, 0.25) is 0 Å². The average molecular weight is 310 g/mol. The van der Waals surface area contributed by atoms with Crippen LogP contribution in [0.15, 0.2) is 24.5 Å². The number of rotatable bonds is 2. The number of nitrogens with one attached hydrogen (secondary N) is 1. The van der Waals surface area contributed by atoms with E-state index >= 15 is 0 Å². The summed E-state index contributed by atoms with van der Waals surface area (Å²) in [4.78, 5) is 15.0. The molecule has 0 saturated carbocycles. The molecule has 1 aromatic carbocycles. The fourth-order valence-electron chi connectivity index (χ4n) is 3.94. The number of piperidine rings is 1. The third-order valence-electron chi connectivity index (χ3n) is 4.74. The summed E-state index contributed by atoms with van der Waals surface area (Å²) in [6.45, 7) is 6.72. The van der Waals surface area contributed by atoms with Crippen molar-refractivity contribution in [2.45, 2.75) is 20.3 Å². The molecule has 5 heteroatoms. The molecule has 0 aliphatic carbocycles. The summed E-state index contributed by atoms with van der Waals surface area (Å²) in [5, 5.41) is 1.03. The van der Waals surface area contributed by atoms with Gasteiger partial charge in [-0.15, -0.1) is 0 Å². The molecule has 0 spiro atoms. The van der Waals surface area contributed by atoms with Crippen LogP contribution in [0.4, 0.5) is 5.82 Å². The SMILES string of the molecule is COc1cccc2[nH]c3c(N4C[C@H](C)C[C@@H](C)C4)ncnc3c12. The van der Waals surface area contributed by atoms with Gasteiger partial charge >= 0.3 is 0 Å². The quantitative estimate of drug-likeness (QED) is 0.786. The maximum atomic E-state index is 5.52. The zero-order valence-electron chi connectivity index (χ0n) is 13.8. The van der Waals surface area contributed by atoms with Crippen LogP contribution in [0.5, 0.6) is 5.75 Å². The Bertz CT molecular complexity index is 847. The number of ether oxygens (including phenoxy) is 1. The van der Waals surface area contributed by atoms with Crippen molar-refractivity contribution in [2.75, 3.05) is 25.1 Å². The number of anilines is 1. The average Bonchev–Trinajstić information content (AvgIpc) is 2.92. The molecule has 3 heterocycles. The van der Waals surface area contributed by atoms with E-state index in [0.717, 1.165) is 46.6 Å². The van der Waals surface area contributed by atoms with Gasteiger partial charge in [-0.25, -0.2) is 9.97 Å². The molecule has 1 aliphatic rings. The molecule has 0 unspecified atom stereocenters. The van der Waals surface area contributed by atoms with Gasteiger partial charge in [-0.2, -0.15) is 0 Å². The molecule has 0 amide bonds. The van der Waals surface area contributed by atoms with Gasteiger partial charge in [-0.05, 0) is 30.4 Å². The number of hydrogen-bond donors (Lipinski definition) is 1. The van der Waals surface area contributed by atoms with Crippen LogP contribution in [0.25, 0.3) is 21.9 Å². The van der Waals surface area contributed by atoms with Crippen molar-refractivity contribution in [1.29, 1.82) is 0 Å². The van der Waals surface area contributed by atoms with Gasteiger partial charge in [0.1, 0.15) is 23.1 Å². The lowest BCUT2D eigenvalue weighted by Gasteiger charge is -2.35. The molecule has 1 N–H and O–H groups in total. The van der Waals surface area contributed by atoms with Gasteiger partial charge in [0.25, 0.3) is 0 Å². The van der Waals surface area contributed by atoms with Gasteiger partial charge in [-0.1, -0.05) is 19.9 Å². The smallest absolute Gasteiger partial charge is 0.156 e. The lowest BCUT2D eigenvalue weighted by molar-refractivity contribution is 0.356. The van der Waals surface area contributed by atoms with Crippen LogP contribution in [0.1, 0.15) is 20.3 Å². The molecular weight excluding hydrogens is 288 g/mol. The number of H-pyrrole nitrogens is 1. The van der Waals surface area contributed by atoms with Gasteiger partial charge in [0, 0.05) is 13.1 Å². The molecule has 1 aliphatic heterocycles. The number of aromatic nitrogens is 3. The first-order valence-corrected chi connectivity index (χ1v) is 8.21. The third kappa shape index (κ3) is 2.31. The molecular formula is C18H22N4O. The Hall–Kier alpha value is -2.30. The van der Waals surface area contributed by atoms with Crippen LogP contribution in [-0.2, 0) is 0 Å². The first kappa shape index (κ1) is 14.3. The van der Waals surface area contributed by atoms with Crippen molar-refractivity contribution in [1.82, 2.24) is 15.0 Å². The zero-order chi connectivity index (χ0) is 16.0. The van der Waals surface area contributed by atoms with E-state index in [1.165, 1.54) is 6.42 Å². The molecule has 3 aromatic rings. The Morgan fingerprint density at radius 1 is 1.17 bits per heavy atom. The summed E-state index contributed by atoms with van der Waals surface area (Å²) in [6, 6.07) is 6.03. The Balaban J connectivity index is 1.91. The van der Waals surface area contributed by atoms with Crippen molar-refractivity contribution >= 4 is 27.8 Å². The highest BCUT2D eigenvalue weighted by molar-refractivity contribution is 6.11. The standard InChI is InChI=1S/C18H22N4O/c1-11-7-12(2)9-22(8-11)18-17-16(19-10-20-18)15-13(21-17)5-4-6-14(15)23-3/h4-6,10-12,21H,7-9H2,1-3H3/t11-,12-/m1/s1. The molecule has 1 fully saturated rings. The zero-order valence-corrected chi connectivity index (χ0v) is 13.8. The Morgan fingerprint density at radius 3 is 2.70 bits per heavy atom. The molecule has 5 nitrogen and oxygen atoms in total. The lowest BCUT2D eigenvalue weighted by atomic mass is 9.92. The Kier molecular flexibility index (Phi) is 3.36. The van der Waals surface area contributed by atoms with Gasteiger partial charge in [-0.3, -0.25) is 0 Å². The number of nitrogens with zero attached hydrogens (tertiary/aromatic N) is 3. The van der Waals surface area contributed by atoms with Crippen LogP contribution in [-0.4, -0.2) is 35.2 Å². The Morgan fingerprint density at radius 2 is 1.96 bits per heavy atom. The van der Waals surface area contributed by atoms with Crippen LogP contribution in [0.3, 0.4) is 0 Å². The minimum atomic E-state index is 0.683. The van der Waals surface area contributed by atoms with Crippen LogP contribution >= 0.6 is 0 Å². The van der Waals surface area contributed by atoms with E-state index in [-0.39, 0.29) is 0 Å². The van der Waals surface area contributed by atoms with E-state index in [1.54, 1.807) is 13.4 Å². The number of fused-ring (bicyclic) bond motifs is 3. The number of aromatic amines is 1. The maximum Gasteiger partial charge on any atom is 0.156 e. The van der Waals surface area contributed by atoms with Crippen LogP contribution < -0.4 is 9.64 Å². The third-order valence-corrected chi connectivity index (χ3v) is 4.74. The fourth-order valence-corrected chi connectivity index (χ4v) is 3.94. The summed E-state index contributed by atoms with van der Waals surface area (Å²) in [6.07, 6.45) is 2.95. The molecule has 120 valence electrons. The molecule has 2 atom stereocenters. The highest BCUT2D eigenvalue weighted by atomic mass is 16.5. The van der Waals surface area contributed by atoms with Crippen molar-refractivity contribution in [3.05, 3.63) is 24.5 Å². The highest BCUT2D eigenvalue weighted by Gasteiger charge is 2.25. The molecule has 4 rings (SSSR count). The van der Waals surface area contributed by atoms with E-state index in [0.29, 0.717) is 11.8 Å². The largest absolute Gasteiger partial charge is 0.496 e. The second kappa shape index (κ2) is 5.41. The normalized spacial score (nSPS) is 22.0. The minimum Gasteiger partial charge on any atom is -0.496 e. The number of methoxy groups -OCH3 is 1.